The predicted octanol–water partition coefficient (Wildman–Crippen LogP) is 2.22. The van der Waals surface area contributed by atoms with Gasteiger partial charge in [-0.25, -0.2) is 4.39 Å². The third-order valence-corrected chi connectivity index (χ3v) is 2.80. The Bertz CT molecular complexity index is 510. The predicted molar refractivity (Wildman–Crippen MR) is 54.5 cm³/mol. The summed E-state index contributed by atoms with van der Waals surface area (Å²) < 4.78 is 17.0. The van der Waals surface area contributed by atoms with Gasteiger partial charge in [-0.15, -0.1) is 5.10 Å². The van der Waals surface area contributed by atoms with Crippen molar-refractivity contribution in [1.82, 2.24) is 9.59 Å². The summed E-state index contributed by atoms with van der Waals surface area (Å²) in [6, 6.07) is 5.89. The highest BCUT2D eigenvalue weighted by molar-refractivity contribution is 7.08. The Morgan fingerprint density at radius 3 is 2.73 bits per heavy atom. The summed E-state index contributed by atoms with van der Waals surface area (Å²) in [7, 11) is 0. The van der Waals surface area contributed by atoms with Gasteiger partial charge in [0.15, 0.2) is 0 Å². The van der Waals surface area contributed by atoms with Gasteiger partial charge in [0.25, 0.3) is 0 Å². The van der Waals surface area contributed by atoms with Crippen molar-refractivity contribution in [2.75, 3.05) is 0 Å². The average molecular weight is 222 g/mol. The van der Waals surface area contributed by atoms with Crippen LogP contribution in [0.4, 0.5) is 4.39 Å². The zero-order chi connectivity index (χ0) is 10.8. The van der Waals surface area contributed by atoms with Crippen LogP contribution in [0.3, 0.4) is 0 Å². The van der Waals surface area contributed by atoms with Crippen molar-refractivity contribution >= 4 is 17.3 Å². The smallest absolute Gasteiger partial charge is 0.209 e. The Labute approximate surface area is 89.7 Å². The minimum absolute atomic E-state index is 0.0617. The molecule has 0 spiro atoms. The minimum atomic E-state index is -0.518. The Kier molecular flexibility index (Phi) is 2.55. The fourth-order valence-corrected chi connectivity index (χ4v) is 1.82. The maximum atomic E-state index is 13.3. The largest absolute Gasteiger partial charge is 0.287 e. The lowest BCUT2D eigenvalue weighted by Crippen LogP contribution is -2.03. The Morgan fingerprint density at radius 1 is 1.40 bits per heavy atom. The molecule has 76 valence electrons. The molecule has 0 aliphatic heterocycles. The van der Waals surface area contributed by atoms with Crippen molar-refractivity contribution < 1.29 is 9.18 Å². The van der Waals surface area contributed by atoms with E-state index < -0.39 is 5.82 Å². The van der Waals surface area contributed by atoms with Gasteiger partial charge in [0.1, 0.15) is 10.7 Å². The normalized spacial score (nSPS) is 10.3. The summed E-state index contributed by atoms with van der Waals surface area (Å²) in [6.07, 6.45) is 0. The molecule has 2 rings (SSSR count). The van der Waals surface area contributed by atoms with Crippen molar-refractivity contribution in [3.63, 3.8) is 0 Å². The van der Waals surface area contributed by atoms with E-state index in [1.165, 1.54) is 12.1 Å². The van der Waals surface area contributed by atoms with E-state index in [1.807, 2.05) is 0 Å². The fourth-order valence-electron chi connectivity index (χ4n) is 1.21. The molecule has 1 aromatic heterocycles. The highest BCUT2D eigenvalue weighted by Crippen LogP contribution is 2.17. The molecule has 0 saturated carbocycles. The fraction of sp³-hybridized carbons (Fsp3) is 0.100. The number of hydrogen-bond donors (Lipinski definition) is 0. The molecule has 15 heavy (non-hydrogen) atoms. The molecule has 0 bridgehead atoms. The number of halogens is 1. The summed E-state index contributed by atoms with van der Waals surface area (Å²) in [5.41, 5.74) is 0.597. The molecule has 0 atom stereocenters. The van der Waals surface area contributed by atoms with Gasteiger partial charge in [-0.1, -0.05) is 16.6 Å². The third kappa shape index (κ3) is 1.78. The first-order valence-electron chi connectivity index (χ1n) is 4.28. The van der Waals surface area contributed by atoms with Gasteiger partial charge in [-0.2, -0.15) is 0 Å². The van der Waals surface area contributed by atoms with Gasteiger partial charge in [-0.05, 0) is 30.6 Å². The van der Waals surface area contributed by atoms with Crippen molar-refractivity contribution in [2.45, 2.75) is 6.92 Å². The monoisotopic (exact) mass is 222 g/mol. The second-order valence-electron chi connectivity index (χ2n) is 3.00. The van der Waals surface area contributed by atoms with Gasteiger partial charge >= 0.3 is 0 Å². The lowest BCUT2D eigenvalue weighted by Gasteiger charge is -1.99. The zero-order valence-corrected chi connectivity index (χ0v) is 8.71. The molecular weight excluding hydrogens is 215 g/mol. The van der Waals surface area contributed by atoms with Crippen molar-refractivity contribution in [3.8, 4) is 0 Å². The van der Waals surface area contributed by atoms with Crippen LogP contribution in [0.5, 0.6) is 0 Å². The van der Waals surface area contributed by atoms with Crippen molar-refractivity contribution in [3.05, 3.63) is 46.2 Å². The number of carbonyl (C=O) groups is 1. The van der Waals surface area contributed by atoms with Crippen LogP contribution >= 0.6 is 11.5 Å². The maximum Gasteiger partial charge on any atom is 0.209 e. The summed E-state index contributed by atoms with van der Waals surface area (Å²) in [5.74, 6) is -0.879. The number of ketones is 1. The molecule has 0 fully saturated rings. The van der Waals surface area contributed by atoms with Crippen LogP contribution in [0, 0.1) is 12.7 Å². The lowest BCUT2D eigenvalue weighted by atomic mass is 10.1. The first kappa shape index (κ1) is 9.92. The van der Waals surface area contributed by atoms with Crippen LogP contribution in [0.1, 0.15) is 20.9 Å². The molecule has 1 aromatic carbocycles. The molecule has 0 saturated heterocycles. The molecule has 3 nitrogen and oxygen atoms in total. The lowest BCUT2D eigenvalue weighted by molar-refractivity contribution is 0.103. The molecule has 0 amide bonds. The molecule has 5 heteroatoms. The van der Waals surface area contributed by atoms with Gasteiger partial charge in [0.2, 0.25) is 5.78 Å². The van der Waals surface area contributed by atoms with E-state index in [0.717, 1.165) is 11.5 Å². The van der Waals surface area contributed by atoms with Crippen LogP contribution in [0.2, 0.25) is 0 Å². The van der Waals surface area contributed by atoms with Crippen molar-refractivity contribution in [1.29, 1.82) is 0 Å². The topological polar surface area (TPSA) is 42.9 Å². The van der Waals surface area contributed by atoms with Gasteiger partial charge in [0.05, 0.1) is 11.3 Å². The average Bonchev–Trinajstić information content (AvgIpc) is 2.64. The summed E-state index contributed by atoms with van der Waals surface area (Å²) in [6.45, 7) is 1.68. The number of hydrogen-bond acceptors (Lipinski definition) is 4. The molecular formula is C10H7FN2OS. The molecule has 0 aliphatic carbocycles. The first-order valence-corrected chi connectivity index (χ1v) is 5.05. The Hall–Kier alpha value is -1.62. The molecule has 1 heterocycles. The summed E-state index contributed by atoms with van der Waals surface area (Å²) in [5, 5.41) is 3.72. The van der Waals surface area contributed by atoms with E-state index in [9.17, 15) is 9.18 Å². The quantitative estimate of drug-likeness (QED) is 0.732. The van der Waals surface area contributed by atoms with E-state index in [1.54, 1.807) is 19.1 Å². The third-order valence-electron chi connectivity index (χ3n) is 1.98. The van der Waals surface area contributed by atoms with Gasteiger partial charge < -0.3 is 0 Å². The molecule has 2 aromatic rings. The van der Waals surface area contributed by atoms with Crippen LogP contribution in [0.25, 0.3) is 0 Å². The number of nitrogens with zero attached hydrogens (tertiary/aromatic N) is 2. The highest BCUT2D eigenvalue weighted by atomic mass is 32.1. The van der Waals surface area contributed by atoms with E-state index in [0.29, 0.717) is 10.6 Å². The van der Waals surface area contributed by atoms with E-state index in [-0.39, 0.29) is 11.3 Å². The number of benzene rings is 1. The SMILES string of the molecule is Cc1nnsc1C(=O)c1ccccc1F. The molecule has 0 radical (unpaired) electrons. The first-order chi connectivity index (χ1) is 7.20. The second-order valence-corrected chi connectivity index (χ2v) is 3.75. The van der Waals surface area contributed by atoms with Crippen molar-refractivity contribution in [2.24, 2.45) is 0 Å². The number of aromatic nitrogens is 2. The number of aryl methyl sites for hydroxylation is 1. The summed E-state index contributed by atoms with van der Waals surface area (Å²) >= 11 is 0.984. The summed E-state index contributed by atoms with van der Waals surface area (Å²) in [4.78, 5) is 12.2. The van der Waals surface area contributed by atoms with Crippen LogP contribution < -0.4 is 0 Å². The highest BCUT2D eigenvalue weighted by Gasteiger charge is 2.18. The molecule has 0 unspecified atom stereocenters. The number of rotatable bonds is 2. The van der Waals surface area contributed by atoms with Gasteiger partial charge in [-0.3, -0.25) is 4.79 Å². The molecule has 0 N–H and O–H groups in total. The standard InChI is InChI=1S/C10H7FN2OS/c1-6-10(15-13-12-6)9(14)7-4-2-3-5-8(7)11/h2-5H,1H3. The maximum absolute atomic E-state index is 13.3. The Morgan fingerprint density at radius 2 is 2.13 bits per heavy atom. The Balaban J connectivity index is 2.46. The van der Waals surface area contributed by atoms with E-state index in [4.69, 9.17) is 0 Å². The second kappa shape index (κ2) is 3.86. The van der Waals surface area contributed by atoms with E-state index >= 15 is 0 Å². The van der Waals surface area contributed by atoms with Crippen LogP contribution in [-0.4, -0.2) is 15.4 Å². The van der Waals surface area contributed by atoms with Gasteiger partial charge in [0, 0.05) is 0 Å². The van der Waals surface area contributed by atoms with E-state index in [2.05, 4.69) is 9.59 Å². The minimum Gasteiger partial charge on any atom is -0.287 e. The zero-order valence-electron chi connectivity index (χ0n) is 7.90. The number of carbonyl (C=O) groups excluding carboxylic acids is 1. The van der Waals surface area contributed by atoms with Crippen LogP contribution in [-0.2, 0) is 0 Å². The van der Waals surface area contributed by atoms with Crippen LogP contribution in [0.15, 0.2) is 24.3 Å². The molecule has 0 aliphatic rings.